The second-order valence-corrected chi connectivity index (χ2v) is 7.96. The SMILES string of the molecule is CC(C)(C)n1nc(C(=O)NCC(C(=O)O)c2ccc(F)cc2)cc1C1CC1. The molecule has 144 valence electrons. The van der Waals surface area contributed by atoms with E-state index < -0.39 is 23.6 Å². The zero-order chi connectivity index (χ0) is 19.8. The Balaban J connectivity index is 1.74. The lowest BCUT2D eigenvalue weighted by molar-refractivity contribution is -0.138. The number of rotatable bonds is 6. The first-order valence-corrected chi connectivity index (χ1v) is 9.03. The van der Waals surface area contributed by atoms with Crippen molar-refractivity contribution in [1.82, 2.24) is 15.1 Å². The van der Waals surface area contributed by atoms with Crippen molar-refractivity contribution in [3.63, 3.8) is 0 Å². The van der Waals surface area contributed by atoms with Crippen molar-refractivity contribution in [2.45, 2.75) is 51.0 Å². The number of nitrogens with zero attached hydrogens (tertiary/aromatic N) is 2. The van der Waals surface area contributed by atoms with Crippen molar-refractivity contribution in [3.05, 3.63) is 53.1 Å². The van der Waals surface area contributed by atoms with Gasteiger partial charge in [0, 0.05) is 18.2 Å². The number of carbonyl (C=O) groups is 2. The summed E-state index contributed by atoms with van der Waals surface area (Å²) in [7, 11) is 0. The molecule has 6 nitrogen and oxygen atoms in total. The van der Waals surface area contributed by atoms with Gasteiger partial charge in [-0.1, -0.05) is 12.1 Å². The van der Waals surface area contributed by atoms with E-state index in [1.54, 1.807) is 6.07 Å². The van der Waals surface area contributed by atoms with Crippen molar-refractivity contribution in [2.75, 3.05) is 6.54 Å². The molecule has 1 unspecified atom stereocenters. The average molecular weight is 373 g/mol. The number of halogens is 1. The highest BCUT2D eigenvalue weighted by atomic mass is 19.1. The summed E-state index contributed by atoms with van der Waals surface area (Å²) in [5, 5.41) is 16.6. The van der Waals surface area contributed by atoms with E-state index in [2.05, 4.69) is 10.4 Å². The van der Waals surface area contributed by atoms with Crippen LogP contribution in [0.5, 0.6) is 0 Å². The number of hydrogen-bond donors (Lipinski definition) is 2. The average Bonchev–Trinajstić information content (AvgIpc) is 3.33. The largest absolute Gasteiger partial charge is 0.481 e. The molecule has 2 aromatic rings. The van der Waals surface area contributed by atoms with Gasteiger partial charge in [0.15, 0.2) is 0 Å². The molecular formula is C20H24FN3O3. The summed E-state index contributed by atoms with van der Waals surface area (Å²) in [6.07, 6.45) is 2.18. The number of nitrogens with one attached hydrogen (secondary N) is 1. The van der Waals surface area contributed by atoms with Crippen molar-refractivity contribution >= 4 is 11.9 Å². The lowest BCUT2D eigenvalue weighted by Crippen LogP contribution is -2.32. The van der Waals surface area contributed by atoms with Gasteiger partial charge < -0.3 is 10.4 Å². The molecule has 1 saturated carbocycles. The zero-order valence-corrected chi connectivity index (χ0v) is 15.7. The van der Waals surface area contributed by atoms with Crippen LogP contribution in [0.25, 0.3) is 0 Å². The standard InChI is InChI=1S/C20H24FN3O3/c1-20(2,3)24-17(13-4-5-13)10-16(23-24)18(25)22-11-15(19(26)27)12-6-8-14(21)9-7-12/h6-10,13,15H,4-5,11H2,1-3H3,(H,22,25)(H,26,27). The van der Waals surface area contributed by atoms with Crippen molar-refractivity contribution in [2.24, 2.45) is 0 Å². The Labute approximate surface area is 157 Å². The van der Waals surface area contributed by atoms with E-state index in [1.165, 1.54) is 24.3 Å². The highest BCUT2D eigenvalue weighted by Gasteiger charge is 2.32. The van der Waals surface area contributed by atoms with Crippen LogP contribution in [0.15, 0.2) is 30.3 Å². The summed E-state index contributed by atoms with van der Waals surface area (Å²) in [6.45, 7) is 5.99. The minimum Gasteiger partial charge on any atom is -0.481 e. The molecule has 2 N–H and O–H groups in total. The van der Waals surface area contributed by atoms with Crippen LogP contribution in [0.2, 0.25) is 0 Å². The van der Waals surface area contributed by atoms with Crippen molar-refractivity contribution in [3.8, 4) is 0 Å². The molecule has 3 rings (SSSR count). The van der Waals surface area contributed by atoms with Gasteiger partial charge in [-0.25, -0.2) is 4.39 Å². The van der Waals surface area contributed by atoms with Crippen LogP contribution in [0.3, 0.4) is 0 Å². The fraction of sp³-hybridized carbons (Fsp3) is 0.450. The van der Waals surface area contributed by atoms with E-state index in [-0.39, 0.29) is 17.8 Å². The predicted molar refractivity (Wildman–Crippen MR) is 98.3 cm³/mol. The lowest BCUT2D eigenvalue weighted by atomic mass is 9.99. The molecular weight excluding hydrogens is 349 g/mol. The smallest absolute Gasteiger partial charge is 0.312 e. The molecule has 1 atom stereocenters. The van der Waals surface area contributed by atoms with Crippen LogP contribution < -0.4 is 5.32 Å². The van der Waals surface area contributed by atoms with Crippen LogP contribution in [0.1, 0.15) is 67.2 Å². The van der Waals surface area contributed by atoms with Crippen LogP contribution in [-0.4, -0.2) is 33.3 Å². The maximum Gasteiger partial charge on any atom is 0.312 e. The molecule has 0 saturated heterocycles. The van der Waals surface area contributed by atoms with Gasteiger partial charge in [-0.05, 0) is 57.4 Å². The first-order chi connectivity index (χ1) is 12.7. The number of carboxylic acid groups (broad SMARTS) is 1. The Kier molecular flexibility index (Phi) is 5.04. The molecule has 7 heteroatoms. The first-order valence-electron chi connectivity index (χ1n) is 9.03. The van der Waals surface area contributed by atoms with E-state index in [1.807, 2.05) is 25.5 Å². The maximum absolute atomic E-state index is 13.1. The molecule has 1 heterocycles. The Morgan fingerprint density at radius 3 is 2.44 bits per heavy atom. The third-order valence-electron chi connectivity index (χ3n) is 4.64. The van der Waals surface area contributed by atoms with Crippen molar-refractivity contribution < 1.29 is 19.1 Å². The van der Waals surface area contributed by atoms with Crippen LogP contribution in [0.4, 0.5) is 4.39 Å². The second kappa shape index (κ2) is 7.13. The number of aliphatic carboxylic acids is 1. The molecule has 1 aliphatic carbocycles. The van der Waals surface area contributed by atoms with E-state index in [9.17, 15) is 19.1 Å². The van der Waals surface area contributed by atoms with Gasteiger partial charge in [0.1, 0.15) is 11.5 Å². The minimum absolute atomic E-state index is 0.0963. The molecule has 1 amide bonds. The third-order valence-corrected chi connectivity index (χ3v) is 4.64. The van der Waals surface area contributed by atoms with E-state index >= 15 is 0 Å². The quantitative estimate of drug-likeness (QED) is 0.814. The Morgan fingerprint density at radius 1 is 1.30 bits per heavy atom. The Hall–Kier alpha value is -2.70. The molecule has 0 spiro atoms. The Bertz CT molecular complexity index is 848. The van der Waals surface area contributed by atoms with Crippen LogP contribution in [-0.2, 0) is 10.3 Å². The minimum atomic E-state index is -1.08. The van der Waals surface area contributed by atoms with Gasteiger partial charge in [-0.15, -0.1) is 0 Å². The normalized spacial score (nSPS) is 15.4. The summed E-state index contributed by atoms with van der Waals surface area (Å²) < 4.78 is 14.9. The molecule has 1 aromatic heterocycles. The van der Waals surface area contributed by atoms with Gasteiger partial charge in [0.2, 0.25) is 0 Å². The maximum atomic E-state index is 13.1. The topological polar surface area (TPSA) is 84.2 Å². The van der Waals surface area contributed by atoms with E-state index in [0.717, 1.165) is 18.5 Å². The number of amides is 1. The fourth-order valence-corrected chi connectivity index (χ4v) is 3.04. The molecule has 0 bridgehead atoms. The second-order valence-electron chi connectivity index (χ2n) is 7.96. The van der Waals surface area contributed by atoms with Crippen LogP contribution in [0, 0.1) is 5.82 Å². The predicted octanol–water partition coefficient (Wildman–Crippen LogP) is 3.25. The van der Waals surface area contributed by atoms with Gasteiger partial charge in [-0.3, -0.25) is 14.3 Å². The van der Waals surface area contributed by atoms with Gasteiger partial charge in [0.05, 0.1) is 11.5 Å². The van der Waals surface area contributed by atoms with Crippen LogP contribution >= 0.6 is 0 Å². The fourth-order valence-electron chi connectivity index (χ4n) is 3.04. The monoisotopic (exact) mass is 373 g/mol. The summed E-state index contributed by atoms with van der Waals surface area (Å²) in [4.78, 5) is 24.1. The Morgan fingerprint density at radius 2 is 1.93 bits per heavy atom. The molecule has 0 radical (unpaired) electrons. The van der Waals surface area contributed by atoms with Crippen molar-refractivity contribution in [1.29, 1.82) is 0 Å². The summed E-state index contributed by atoms with van der Waals surface area (Å²) in [6, 6.07) is 7.05. The van der Waals surface area contributed by atoms with E-state index in [4.69, 9.17) is 0 Å². The van der Waals surface area contributed by atoms with Gasteiger partial charge in [0.25, 0.3) is 5.91 Å². The van der Waals surface area contributed by atoms with Gasteiger partial charge >= 0.3 is 5.97 Å². The molecule has 1 aliphatic rings. The molecule has 27 heavy (non-hydrogen) atoms. The number of carbonyl (C=O) groups excluding carboxylic acids is 1. The summed E-state index contributed by atoms with van der Waals surface area (Å²) >= 11 is 0. The summed E-state index contributed by atoms with van der Waals surface area (Å²) in [5.41, 5.74) is 1.52. The molecule has 1 aromatic carbocycles. The third kappa shape index (κ3) is 4.35. The number of aromatic nitrogens is 2. The number of benzene rings is 1. The highest BCUT2D eigenvalue weighted by molar-refractivity contribution is 5.93. The summed E-state index contributed by atoms with van der Waals surface area (Å²) in [5.74, 6) is -2.45. The zero-order valence-electron chi connectivity index (χ0n) is 15.7. The van der Waals surface area contributed by atoms with E-state index in [0.29, 0.717) is 11.5 Å². The molecule has 0 aliphatic heterocycles. The first kappa shape index (κ1) is 19.1. The highest BCUT2D eigenvalue weighted by Crippen LogP contribution is 2.41. The number of carboxylic acids is 1. The van der Waals surface area contributed by atoms with Gasteiger partial charge in [-0.2, -0.15) is 5.10 Å². The number of hydrogen-bond acceptors (Lipinski definition) is 3. The lowest BCUT2D eigenvalue weighted by Gasteiger charge is -2.22. The molecule has 1 fully saturated rings.